The molecule has 1 unspecified atom stereocenters. The summed E-state index contributed by atoms with van der Waals surface area (Å²) < 4.78 is 171. The van der Waals surface area contributed by atoms with Gasteiger partial charge in [-0.2, -0.15) is 52.7 Å². The highest BCUT2D eigenvalue weighted by Crippen LogP contribution is 2.54. The molecule has 0 amide bonds. The van der Waals surface area contributed by atoms with Gasteiger partial charge in [0.05, 0.1) is 22.3 Å². The highest BCUT2D eigenvalue weighted by Gasteiger charge is 2.51. The van der Waals surface area contributed by atoms with Crippen LogP contribution < -0.4 is 5.32 Å². The van der Waals surface area contributed by atoms with Gasteiger partial charge in [0.1, 0.15) is 5.60 Å². The average Bonchev–Trinajstić information content (AvgIpc) is 3.29. The average molecular weight is 601 g/mol. The zero-order valence-corrected chi connectivity index (χ0v) is 21.3. The summed E-state index contributed by atoms with van der Waals surface area (Å²) in [5, 5.41) is 2.81. The Balaban J connectivity index is 2.56. The molecule has 39 heavy (non-hydrogen) atoms. The molecule has 1 heterocycles. The lowest BCUT2D eigenvalue weighted by Crippen LogP contribution is -2.49. The molecule has 0 aromatic heterocycles. The number of nitrogens with one attached hydrogen (secondary N) is 1. The number of rotatable bonds is 5. The van der Waals surface area contributed by atoms with E-state index in [1.54, 1.807) is 0 Å². The largest absolute Gasteiger partial charge is 0.416 e. The fourth-order valence-electron chi connectivity index (χ4n) is 4.49. The summed E-state index contributed by atoms with van der Waals surface area (Å²) in [5.74, 6) is 0. The van der Waals surface area contributed by atoms with Crippen molar-refractivity contribution in [2.75, 3.05) is 25.3 Å². The van der Waals surface area contributed by atoms with Crippen molar-refractivity contribution in [1.82, 2.24) is 5.32 Å². The summed E-state index contributed by atoms with van der Waals surface area (Å²) in [4.78, 5) is 0. The van der Waals surface area contributed by atoms with Crippen molar-refractivity contribution in [3.05, 3.63) is 69.8 Å². The standard InChI is InChI=1S/C24H23F12NOS/c1-39(2,3)38-20(19-5-4-6-37-19,13-7-15(21(25,26)27)11-16(8-13)22(28,29)30)14-9-17(23(31,32)33)12-18(10-14)24(34,35)36/h7-12,19,37H,4-6H2,1-3H3. The molecule has 2 aromatic rings. The second-order valence-electron chi connectivity index (χ2n) is 9.78. The molecule has 2 aromatic carbocycles. The first-order valence-electron chi connectivity index (χ1n) is 11.2. The van der Waals surface area contributed by atoms with Gasteiger partial charge in [-0.3, -0.25) is 0 Å². The first kappa shape index (κ1) is 31.4. The van der Waals surface area contributed by atoms with Crippen molar-refractivity contribution in [1.29, 1.82) is 0 Å². The Morgan fingerprint density at radius 1 is 0.590 bits per heavy atom. The van der Waals surface area contributed by atoms with Gasteiger partial charge in [0, 0.05) is 6.04 Å². The Kier molecular flexibility index (Phi) is 8.09. The molecule has 1 fully saturated rings. The lowest BCUT2D eigenvalue weighted by atomic mass is 9.77. The summed E-state index contributed by atoms with van der Waals surface area (Å²) in [6.45, 7) is 0.144. The molecular formula is C24H23F12NOS. The molecule has 0 aliphatic carbocycles. The Hall–Kier alpha value is -2.13. The summed E-state index contributed by atoms with van der Waals surface area (Å²) in [7, 11) is -2.47. The van der Waals surface area contributed by atoms with Crippen LogP contribution in [0.2, 0.25) is 0 Å². The smallest absolute Gasteiger partial charge is 0.320 e. The maximum Gasteiger partial charge on any atom is 0.416 e. The van der Waals surface area contributed by atoms with Gasteiger partial charge in [0.2, 0.25) is 0 Å². The van der Waals surface area contributed by atoms with E-state index in [0.717, 1.165) is 0 Å². The molecule has 0 bridgehead atoms. The fourth-order valence-corrected chi connectivity index (χ4v) is 5.59. The van der Waals surface area contributed by atoms with Crippen LogP contribution in [0.5, 0.6) is 0 Å². The molecule has 1 saturated heterocycles. The van der Waals surface area contributed by atoms with E-state index in [1.165, 1.54) is 18.8 Å². The third kappa shape index (κ3) is 6.96. The number of halogens is 12. The summed E-state index contributed by atoms with van der Waals surface area (Å²) in [6.07, 6.45) is -16.8. The first-order valence-corrected chi connectivity index (χ1v) is 13.9. The lowest BCUT2D eigenvalue weighted by Gasteiger charge is -2.46. The fraction of sp³-hybridized carbons (Fsp3) is 0.500. The Bertz CT molecular complexity index is 1050. The van der Waals surface area contributed by atoms with E-state index in [9.17, 15) is 52.7 Å². The van der Waals surface area contributed by atoms with Gasteiger partial charge in [-0.25, -0.2) is 0 Å². The highest BCUT2D eigenvalue weighted by molar-refractivity contribution is 8.28. The van der Waals surface area contributed by atoms with E-state index in [-0.39, 0.29) is 55.8 Å². The second kappa shape index (κ2) is 10.1. The molecule has 0 saturated carbocycles. The van der Waals surface area contributed by atoms with Crippen LogP contribution in [-0.2, 0) is 34.5 Å². The summed E-state index contributed by atoms with van der Waals surface area (Å²) >= 11 is 0. The normalized spacial score (nSPS) is 18.5. The Morgan fingerprint density at radius 2 is 0.897 bits per heavy atom. The maximum absolute atomic E-state index is 13.8. The maximum atomic E-state index is 13.8. The number of hydrogen-bond donors (Lipinski definition) is 1. The zero-order valence-electron chi connectivity index (χ0n) is 20.5. The Labute approximate surface area is 217 Å². The Morgan fingerprint density at radius 3 is 1.13 bits per heavy atom. The van der Waals surface area contributed by atoms with Crippen molar-refractivity contribution in [3.8, 4) is 0 Å². The molecule has 15 heteroatoms. The van der Waals surface area contributed by atoms with Crippen LogP contribution in [-0.4, -0.2) is 31.4 Å². The highest BCUT2D eigenvalue weighted by atomic mass is 32.3. The van der Waals surface area contributed by atoms with E-state index < -0.39 is 80.0 Å². The van der Waals surface area contributed by atoms with Gasteiger partial charge in [0.15, 0.2) is 0 Å². The van der Waals surface area contributed by atoms with Crippen molar-refractivity contribution in [3.63, 3.8) is 0 Å². The van der Waals surface area contributed by atoms with Gasteiger partial charge < -0.3 is 9.50 Å². The van der Waals surface area contributed by atoms with Gasteiger partial charge in [-0.05, 0) is 85.7 Å². The van der Waals surface area contributed by atoms with Gasteiger partial charge in [0.25, 0.3) is 0 Å². The monoisotopic (exact) mass is 601 g/mol. The lowest BCUT2D eigenvalue weighted by molar-refractivity contribution is -0.144. The van der Waals surface area contributed by atoms with Crippen molar-refractivity contribution >= 4 is 10.3 Å². The van der Waals surface area contributed by atoms with Gasteiger partial charge in [-0.15, -0.1) is 10.3 Å². The minimum absolute atomic E-state index is 0.0231. The number of hydrogen-bond acceptors (Lipinski definition) is 2. The predicted octanol–water partition coefficient (Wildman–Crippen LogP) is 8.38. The van der Waals surface area contributed by atoms with Crippen LogP contribution in [0.4, 0.5) is 52.7 Å². The minimum atomic E-state index is -5.33. The van der Waals surface area contributed by atoms with E-state index >= 15 is 0 Å². The van der Waals surface area contributed by atoms with Crippen LogP contribution in [0.25, 0.3) is 0 Å². The van der Waals surface area contributed by atoms with E-state index in [2.05, 4.69) is 5.32 Å². The molecule has 1 aliphatic heterocycles. The third-order valence-electron chi connectivity index (χ3n) is 5.97. The molecule has 1 N–H and O–H groups in total. The molecule has 1 atom stereocenters. The first-order chi connectivity index (χ1) is 17.4. The van der Waals surface area contributed by atoms with Crippen molar-refractivity contribution < 1.29 is 56.9 Å². The van der Waals surface area contributed by atoms with E-state index in [0.29, 0.717) is 0 Å². The molecule has 3 rings (SSSR count). The second-order valence-corrected chi connectivity index (χ2v) is 13.4. The number of alkyl halides is 12. The van der Waals surface area contributed by atoms with Crippen LogP contribution in [0, 0.1) is 0 Å². The van der Waals surface area contributed by atoms with Crippen molar-refractivity contribution in [2.45, 2.75) is 49.2 Å². The molecule has 220 valence electrons. The molecule has 2 nitrogen and oxygen atoms in total. The third-order valence-corrected chi connectivity index (χ3v) is 6.73. The number of benzene rings is 2. The molecule has 1 aliphatic rings. The van der Waals surface area contributed by atoms with E-state index in [4.69, 9.17) is 4.18 Å². The van der Waals surface area contributed by atoms with Crippen LogP contribution in [0.15, 0.2) is 36.4 Å². The van der Waals surface area contributed by atoms with Crippen LogP contribution >= 0.6 is 10.3 Å². The molecular weight excluding hydrogens is 578 g/mol. The minimum Gasteiger partial charge on any atom is -0.320 e. The van der Waals surface area contributed by atoms with Gasteiger partial charge >= 0.3 is 24.7 Å². The summed E-state index contributed by atoms with van der Waals surface area (Å²) in [6, 6.07) is -0.469. The molecule has 0 spiro atoms. The predicted molar refractivity (Wildman–Crippen MR) is 121 cm³/mol. The zero-order chi connectivity index (χ0) is 29.8. The van der Waals surface area contributed by atoms with Crippen LogP contribution in [0.3, 0.4) is 0 Å². The molecule has 0 radical (unpaired) electrons. The topological polar surface area (TPSA) is 21.3 Å². The SMILES string of the molecule is CS(C)(C)OC(c1cc(C(F)(F)F)cc(C(F)(F)F)c1)(c1cc(C(F)(F)F)cc(C(F)(F)F)c1)C1CCCN1. The quantitative estimate of drug-likeness (QED) is 0.348. The van der Waals surface area contributed by atoms with E-state index in [1.807, 2.05) is 0 Å². The summed E-state index contributed by atoms with van der Waals surface area (Å²) in [5.41, 5.74) is -11.5. The van der Waals surface area contributed by atoms with Crippen molar-refractivity contribution in [2.24, 2.45) is 0 Å². The van der Waals surface area contributed by atoms with Gasteiger partial charge in [-0.1, -0.05) is 0 Å². The van der Waals surface area contributed by atoms with Crippen LogP contribution in [0.1, 0.15) is 46.2 Å².